The SMILES string of the molecule is COc1ccc(CN(C(=O)CN(c2cc(C)ccc2OC)S(=O)(=O)c2ccccc2)C(C)C(=O)NC2CCCCC2)cc1. The molecule has 1 fully saturated rings. The molecule has 1 atom stereocenters. The summed E-state index contributed by atoms with van der Waals surface area (Å²) in [5.41, 5.74) is 1.81. The van der Waals surface area contributed by atoms with Gasteiger partial charge in [0.25, 0.3) is 10.0 Å². The fourth-order valence-corrected chi connectivity index (χ4v) is 6.74. The number of carbonyl (C=O) groups is 2. The van der Waals surface area contributed by atoms with Crippen LogP contribution in [0.1, 0.15) is 50.2 Å². The molecule has 9 nitrogen and oxygen atoms in total. The number of aryl methyl sites for hydroxylation is 1. The third-order valence-corrected chi connectivity index (χ3v) is 9.62. The second kappa shape index (κ2) is 14.4. The topological polar surface area (TPSA) is 105 Å². The summed E-state index contributed by atoms with van der Waals surface area (Å²) in [6.07, 6.45) is 5.07. The molecule has 0 spiro atoms. The number of rotatable bonds is 12. The Kier molecular flexibility index (Phi) is 10.7. The van der Waals surface area contributed by atoms with E-state index in [2.05, 4.69) is 5.32 Å². The van der Waals surface area contributed by atoms with Crippen LogP contribution in [0.2, 0.25) is 0 Å². The van der Waals surface area contributed by atoms with Gasteiger partial charge in [-0.2, -0.15) is 0 Å². The molecule has 0 bridgehead atoms. The van der Waals surface area contributed by atoms with Crippen molar-refractivity contribution in [2.45, 2.75) is 69.5 Å². The Bertz CT molecular complexity index is 1490. The number of carbonyl (C=O) groups excluding carboxylic acids is 2. The Morgan fingerprint density at radius 1 is 0.930 bits per heavy atom. The largest absolute Gasteiger partial charge is 0.497 e. The van der Waals surface area contributed by atoms with E-state index < -0.39 is 28.5 Å². The fourth-order valence-electron chi connectivity index (χ4n) is 5.31. The minimum atomic E-state index is -4.19. The van der Waals surface area contributed by atoms with Crippen LogP contribution in [0.4, 0.5) is 5.69 Å². The van der Waals surface area contributed by atoms with Crippen LogP contribution in [0.5, 0.6) is 11.5 Å². The number of hydrogen-bond donors (Lipinski definition) is 1. The Morgan fingerprint density at radius 2 is 1.60 bits per heavy atom. The lowest BCUT2D eigenvalue weighted by atomic mass is 9.95. The van der Waals surface area contributed by atoms with E-state index in [4.69, 9.17) is 9.47 Å². The van der Waals surface area contributed by atoms with Crippen LogP contribution in [0.3, 0.4) is 0 Å². The van der Waals surface area contributed by atoms with Gasteiger partial charge in [-0.15, -0.1) is 0 Å². The van der Waals surface area contributed by atoms with E-state index in [9.17, 15) is 18.0 Å². The fraction of sp³-hybridized carbons (Fsp3) is 0.394. The first kappa shape index (κ1) is 31.9. The Hall–Kier alpha value is -4.05. The van der Waals surface area contributed by atoms with Gasteiger partial charge in [0.15, 0.2) is 0 Å². The summed E-state index contributed by atoms with van der Waals surface area (Å²) < 4.78 is 40.0. The average Bonchev–Trinajstić information content (AvgIpc) is 3.03. The summed E-state index contributed by atoms with van der Waals surface area (Å²) >= 11 is 0. The minimum absolute atomic E-state index is 0.0381. The molecule has 4 rings (SSSR count). The first-order valence-electron chi connectivity index (χ1n) is 14.6. The van der Waals surface area contributed by atoms with Crippen molar-refractivity contribution < 1.29 is 27.5 Å². The van der Waals surface area contributed by atoms with Crippen molar-refractivity contribution in [3.63, 3.8) is 0 Å². The lowest BCUT2D eigenvalue weighted by molar-refractivity contribution is -0.139. The third kappa shape index (κ3) is 7.87. The van der Waals surface area contributed by atoms with Gasteiger partial charge in [-0.05, 0) is 74.2 Å². The lowest BCUT2D eigenvalue weighted by Gasteiger charge is -2.33. The molecule has 10 heteroatoms. The molecule has 2 amide bonds. The molecule has 3 aromatic rings. The second-order valence-electron chi connectivity index (χ2n) is 10.9. The molecule has 1 saturated carbocycles. The Morgan fingerprint density at radius 3 is 2.23 bits per heavy atom. The molecule has 0 heterocycles. The molecular weight excluding hydrogens is 566 g/mol. The molecule has 1 aliphatic rings. The van der Waals surface area contributed by atoms with Crippen molar-refractivity contribution >= 4 is 27.5 Å². The van der Waals surface area contributed by atoms with Crippen LogP contribution < -0.4 is 19.1 Å². The average molecular weight is 608 g/mol. The van der Waals surface area contributed by atoms with Crippen molar-refractivity contribution in [1.29, 1.82) is 0 Å². The summed E-state index contributed by atoms with van der Waals surface area (Å²) in [4.78, 5) is 29.2. The predicted molar refractivity (Wildman–Crippen MR) is 167 cm³/mol. The van der Waals surface area contributed by atoms with Gasteiger partial charge in [-0.25, -0.2) is 8.42 Å². The Labute approximate surface area is 254 Å². The molecule has 0 aromatic heterocycles. The van der Waals surface area contributed by atoms with E-state index in [-0.39, 0.29) is 29.1 Å². The summed E-state index contributed by atoms with van der Waals surface area (Å²) in [5.74, 6) is 0.184. The highest BCUT2D eigenvalue weighted by atomic mass is 32.2. The number of benzene rings is 3. The quantitative estimate of drug-likeness (QED) is 0.308. The van der Waals surface area contributed by atoms with Crippen molar-refractivity contribution in [2.75, 3.05) is 25.1 Å². The van der Waals surface area contributed by atoms with Crippen molar-refractivity contribution in [3.8, 4) is 11.5 Å². The molecule has 230 valence electrons. The molecule has 0 radical (unpaired) electrons. The van der Waals surface area contributed by atoms with Gasteiger partial charge >= 0.3 is 0 Å². The molecule has 1 aliphatic carbocycles. The normalized spacial score (nSPS) is 14.4. The highest BCUT2D eigenvalue weighted by Gasteiger charge is 2.34. The smallest absolute Gasteiger partial charge is 0.264 e. The van der Waals surface area contributed by atoms with Gasteiger partial charge in [0.1, 0.15) is 24.1 Å². The lowest BCUT2D eigenvalue weighted by Crippen LogP contribution is -2.53. The predicted octanol–water partition coefficient (Wildman–Crippen LogP) is 5.07. The number of nitrogens with zero attached hydrogens (tertiary/aromatic N) is 2. The van der Waals surface area contributed by atoms with E-state index in [1.165, 1.54) is 24.1 Å². The number of sulfonamides is 1. The molecule has 0 saturated heterocycles. The first-order valence-corrected chi connectivity index (χ1v) is 16.0. The van der Waals surface area contributed by atoms with Gasteiger partial charge in [-0.1, -0.05) is 55.7 Å². The zero-order valence-electron chi connectivity index (χ0n) is 25.3. The summed E-state index contributed by atoms with van der Waals surface area (Å²) in [6.45, 7) is 3.09. The van der Waals surface area contributed by atoms with Gasteiger partial charge < -0.3 is 19.7 Å². The maximum Gasteiger partial charge on any atom is 0.264 e. The zero-order valence-corrected chi connectivity index (χ0v) is 26.1. The summed E-state index contributed by atoms with van der Waals surface area (Å²) in [6, 6.07) is 19.6. The maximum absolute atomic E-state index is 14.2. The van der Waals surface area contributed by atoms with Crippen LogP contribution >= 0.6 is 0 Å². The molecule has 43 heavy (non-hydrogen) atoms. The second-order valence-corrected chi connectivity index (χ2v) is 12.8. The van der Waals surface area contributed by atoms with Crippen LogP contribution in [-0.2, 0) is 26.2 Å². The molecule has 3 aromatic carbocycles. The van der Waals surface area contributed by atoms with Crippen LogP contribution in [0.15, 0.2) is 77.7 Å². The number of methoxy groups -OCH3 is 2. The first-order chi connectivity index (χ1) is 20.6. The molecule has 1 unspecified atom stereocenters. The van der Waals surface area contributed by atoms with E-state index in [1.54, 1.807) is 56.5 Å². The number of anilines is 1. The van der Waals surface area contributed by atoms with E-state index in [0.717, 1.165) is 47.5 Å². The number of ether oxygens (including phenoxy) is 2. The summed E-state index contributed by atoms with van der Waals surface area (Å²) in [5, 5.41) is 3.12. The summed E-state index contributed by atoms with van der Waals surface area (Å²) in [7, 11) is -1.17. The van der Waals surface area contributed by atoms with Crippen molar-refractivity contribution in [1.82, 2.24) is 10.2 Å². The van der Waals surface area contributed by atoms with E-state index >= 15 is 0 Å². The Balaban J connectivity index is 1.71. The molecule has 0 aliphatic heterocycles. The van der Waals surface area contributed by atoms with Crippen molar-refractivity contribution in [3.05, 3.63) is 83.9 Å². The van der Waals surface area contributed by atoms with E-state index in [1.807, 2.05) is 25.1 Å². The van der Waals surface area contributed by atoms with Crippen LogP contribution in [0.25, 0.3) is 0 Å². The molecular formula is C33H41N3O6S. The highest BCUT2D eigenvalue weighted by Crippen LogP contribution is 2.34. The number of nitrogens with one attached hydrogen (secondary N) is 1. The van der Waals surface area contributed by atoms with E-state index in [0.29, 0.717) is 11.5 Å². The van der Waals surface area contributed by atoms with Gasteiger partial charge in [0.2, 0.25) is 11.8 Å². The van der Waals surface area contributed by atoms with Crippen molar-refractivity contribution in [2.24, 2.45) is 0 Å². The molecule has 1 N–H and O–H groups in total. The van der Waals surface area contributed by atoms with Gasteiger partial charge in [-0.3, -0.25) is 13.9 Å². The maximum atomic E-state index is 14.2. The minimum Gasteiger partial charge on any atom is -0.497 e. The number of amides is 2. The zero-order chi connectivity index (χ0) is 31.0. The third-order valence-electron chi connectivity index (χ3n) is 7.84. The number of hydrogen-bond acceptors (Lipinski definition) is 6. The monoisotopic (exact) mass is 607 g/mol. The van der Waals surface area contributed by atoms with Crippen LogP contribution in [0, 0.1) is 6.92 Å². The van der Waals surface area contributed by atoms with Crippen LogP contribution in [-0.4, -0.2) is 58.0 Å². The van der Waals surface area contributed by atoms with Gasteiger partial charge in [0, 0.05) is 12.6 Å². The highest BCUT2D eigenvalue weighted by molar-refractivity contribution is 7.92. The standard InChI is InChI=1S/C33H41N3O6S/c1-24-15-20-31(42-4)30(21-24)36(43(39,40)29-13-9-6-10-14-29)23-32(37)35(22-26-16-18-28(41-3)19-17-26)25(2)33(38)34-27-11-7-5-8-12-27/h6,9-10,13-21,25,27H,5,7-8,11-12,22-23H2,1-4H3,(H,34,38). The van der Waals surface area contributed by atoms with Gasteiger partial charge in [0.05, 0.1) is 24.8 Å².